The Morgan fingerprint density at radius 2 is 1.93 bits per heavy atom. The van der Waals surface area contributed by atoms with Gasteiger partial charge in [0.25, 0.3) is 0 Å². The molecular weight excluding hydrogens is 218 g/mol. The second-order valence-electron chi connectivity index (χ2n) is 4.04. The SMILES string of the molecule is CC[C@@H](CO)NC(=O)C(C)(C)S(C)(=O)=O. The zero-order chi connectivity index (χ0) is 12.3. The first-order valence-electron chi connectivity index (χ1n) is 4.78. The molecule has 6 heteroatoms. The summed E-state index contributed by atoms with van der Waals surface area (Å²) in [5, 5.41) is 11.4. The Balaban J connectivity index is 4.73. The second-order valence-corrected chi connectivity index (χ2v) is 6.61. The maximum absolute atomic E-state index is 11.6. The molecular formula is C9H19NO4S. The average Bonchev–Trinajstić information content (AvgIpc) is 2.11. The van der Waals surface area contributed by atoms with Crippen molar-refractivity contribution in [1.82, 2.24) is 5.32 Å². The number of carbonyl (C=O) groups excluding carboxylic acids is 1. The molecule has 0 fully saturated rings. The molecule has 0 heterocycles. The number of carbonyl (C=O) groups is 1. The van der Waals surface area contributed by atoms with Crippen molar-refractivity contribution in [3.63, 3.8) is 0 Å². The summed E-state index contributed by atoms with van der Waals surface area (Å²) in [5.41, 5.74) is 0. The largest absolute Gasteiger partial charge is 0.394 e. The van der Waals surface area contributed by atoms with Crippen molar-refractivity contribution < 1.29 is 18.3 Å². The van der Waals surface area contributed by atoms with E-state index in [0.717, 1.165) is 6.26 Å². The number of nitrogens with one attached hydrogen (secondary N) is 1. The van der Waals surface area contributed by atoms with Crippen molar-refractivity contribution in [1.29, 1.82) is 0 Å². The van der Waals surface area contributed by atoms with Crippen LogP contribution in [0.1, 0.15) is 27.2 Å². The van der Waals surface area contributed by atoms with Crippen LogP contribution < -0.4 is 5.32 Å². The molecule has 0 saturated heterocycles. The van der Waals surface area contributed by atoms with Gasteiger partial charge in [-0.05, 0) is 20.3 Å². The van der Waals surface area contributed by atoms with Gasteiger partial charge < -0.3 is 10.4 Å². The molecule has 0 aromatic carbocycles. The Bertz CT molecular complexity index is 317. The number of sulfone groups is 1. The first-order chi connectivity index (χ1) is 6.66. The molecule has 0 aromatic heterocycles. The van der Waals surface area contributed by atoms with Crippen LogP contribution in [0.2, 0.25) is 0 Å². The van der Waals surface area contributed by atoms with E-state index >= 15 is 0 Å². The smallest absolute Gasteiger partial charge is 0.241 e. The third kappa shape index (κ3) is 3.46. The van der Waals surface area contributed by atoms with Gasteiger partial charge in [-0.25, -0.2) is 8.42 Å². The molecule has 0 spiro atoms. The van der Waals surface area contributed by atoms with Gasteiger partial charge in [-0.3, -0.25) is 4.79 Å². The number of rotatable bonds is 5. The maximum atomic E-state index is 11.6. The number of amides is 1. The quantitative estimate of drug-likeness (QED) is 0.687. The fourth-order valence-electron chi connectivity index (χ4n) is 0.804. The predicted molar refractivity (Wildman–Crippen MR) is 58.2 cm³/mol. The third-order valence-electron chi connectivity index (χ3n) is 2.52. The van der Waals surface area contributed by atoms with E-state index in [0.29, 0.717) is 6.42 Å². The van der Waals surface area contributed by atoms with E-state index in [9.17, 15) is 13.2 Å². The van der Waals surface area contributed by atoms with Gasteiger partial charge in [-0.1, -0.05) is 6.92 Å². The van der Waals surface area contributed by atoms with Crippen LogP contribution in [0.5, 0.6) is 0 Å². The standard InChI is InChI=1S/C9H19NO4S/c1-5-7(6-11)10-8(12)9(2,3)15(4,13)14/h7,11H,5-6H2,1-4H3,(H,10,12)/t7-/m0/s1. The summed E-state index contributed by atoms with van der Waals surface area (Å²) >= 11 is 0. The number of aliphatic hydroxyl groups is 1. The van der Waals surface area contributed by atoms with Crippen molar-refractivity contribution in [2.24, 2.45) is 0 Å². The molecule has 0 aromatic rings. The highest BCUT2D eigenvalue weighted by Crippen LogP contribution is 2.15. The van der Waals surface area contributed by atoms with Crippen LogP contribution in [-0.2, 0) is 14.6 Å². The molecule has 2 N–H and O–H groups in total. The highest BCUT2D eigenvalue weighted by Gasteiger charge is 2.38. The first-order valence-corrected chi connectivity index (χ1v) is 6.67. The molecule has 0 aliphatic carbocycles. The molecule has 0 aliphatic rings. The average molecular weight is 237 g/mol. The lowest BCUT2D eigenvalue weighted by molar-refractivity contribution is -0.123. The topological polar surface area (TPSA) is 83.5 Å². The first kappa shape index (κ1) is 14.4. The Morgan fingerprint density at radius 3 is 2.20 bits per heavy atom. The molecule has 15 heavy (non-hydrogen) atoms. The highest BCUT2D eigenvalue weighted by atomic mass is 32.2. The monoisotopic (exact) mass is 237 g/mol. The van der Waals surface area contributed by atoms with E-state index in [1.807, 2.05) is 0 Å². The molecule has 1 amide bonds. The number of hydrogen-bond donors (Lipinski definition) is 2. The Morgan fingerprint density at radius 1 is 1.47 bits per heavy atom. The van der Waals surface area contributed by atoms with Gasteiger partial charge in [-0.2, -0.15) is 0 Å². The lowest BCUT2D eigenvalue weighted by Crippen LogP contribution is -2.51. The van der Waals surface area contributed by atoms with E-state index in [4.69, 9.17) is 5.11 Å². The maximum Gasteiger partial charge on any atom is 0.241 e. The molecule has 5 nitrogen and oxygen atoms in total. The predicted octanol–water partition coefficient (Wildman–Crippen LogP) is -0.303. The van der Waals surface area contributed by atoms with Gasteiger partial charge in [0.15, 0.2) is 9.84 Å². The van der Waals surface area contributed by atoms with Gasteiger partial charge >= 0.3 is 0 Å². The van der Waals surface area contributed by atoms with Crippen LogP contribution in [0.25, 0.3) is 0 Å². The summed E-state index contributed by atoms with van der Waals surface area (Å²) in [6, 6.07) is -0.390. The normalized spacial score (nSPS) is 14.7. The summed E-state index contributed by atoms with van der Waals surface area (Å²) in [6.07, 6.45) is 1.58. The lowest BCUT2D eigenvalue weighted by Gasteiger charge is -2.24. The summed E-state index contributed by atoms with van der Waals surface area (Å²) in [7, 11) is -3.46. The Labute approximate surface area is 90.8 Å². The summed E-state index contributed by atoms with van der Waals surface area (Å²) in [4.78, 5) is 11.6. The van der Waals surface area contributed by atoms with Crippen LogP contribution in [-0.4, -0.2) is 43.1 Å². The fourth-order valence-corrected chi connectivity index (χ4v) is 1.20. The molecule has 0 bridgehead atoms. The van der Waals surface area contributed by atoms with Crippen molar-refractivity contribution in [3.8, 4) is 0 Å². The number of aliphatic hydroxyl groups excluding tert-OH is 1. The zero-order valence-electron chi connectivity index (χ0n) is 9.57. The van der Waals surface area contributed by atoms with E-state index in [1.54, 1.807) is 6.92 Å². The van der Waals surface area contributed by atoms with E-state index in [1.165, 1.54) is 13.8 Å². The van der Waals surface area contributed by atoms with Crippen molar-refractivity contribution >= 4 is 15.7 Å². The van der Waals surface area contributed by atoms with E-state index < -0.39 is 26.5 Å². The summed E-state index contributed by atoms with van der Waals surface area (Å²) < 4.78 is 21.2. The van der Waals surface area contributed by atoms with Crippen LogP contribution >= 0.6 is 0 Å². The Hall–Kier alpha value is -0.620. The van der Waals surface area contributed by atoms with Gasteiger partial charge in [0, 0.05) is 6.26 Å². The molecule has 0 radical (unpaired) electrons. The van der Waals surface area contributed by atoms with Gasteiger partial charge in [0.2, 0.25) is 5.91 Å². The van der Waals surface area contributed by atoms with Gasteiger partial charge in [0.1, 0.15) is 4.75 Å². The fraction of sp³-hybridized carbons (Fsp3) is 0.889. The van der Waals surface area contributed by atoms with Crippen LogP contribution in [0, 0.1) is 0 Å². The van der Waals surface area contributed by atoms with Crippen LogP contribution in [0.4, 0.5) is 0 Å². The van der Waals surface area contributed by atoms with Crippen molar-refractivity contribution in [3.05, 3.63) is 0 Å². The second kappa shape index (κ2) is 4.94. The van der Waals surface area contributed by atoms with E-state index in [-0.39, 0.29) is 6.61 Å². The van der Waals surface area contributed by atoms with Gasteiger partial charge in [0.05, 0.1) is 12.6 Å². The minimum atomic E-state index is -3.46. The highest BCUT2D eigenvalue weighted by molar-refractivity contribution is 7.92. The summed E-state index contributed by atoms with van der Waals surface area (Å²) in [5.74, 6) is -0.578. The molecule has 0 rings (SSSR count). The van der Waals surface area contributed by atoms with Crippen LogP contribution in [0.3, 0.4) is 0 Å². The third-order valence-corrected chi connectivity index (χ3v) is 4.56. The number of hydrogen-bond acceptors (Lipinski definition) is 4. The minimum absolute atomic E-state index is 0.192. The van der Waals surface area contributed by atoms with E-state index in [2.05, 4.69) is 5.32 Å². The minimum Gasteiger partial charge on any atom is -0.394 e. The molecule has 1 atom stereocenters. The molecule has 0 unspecified atom stereocenters. The lowest BCUT2D eigenvalue weighted by atomic mass is 10.1. The zero-order valence-corrected chi connectivity index (χ0v) is 10.4. The molecule has 0 saturated carbocycles. The van der Waals surface area contributed by atoms with Crippen molar-refractivity contribution in [2.45, 2.75) is 38.0 Å². The Kier molecular flexibility index (Phi) is 4.73. The molecule has 0 aliphatic heterocycles. The van der Waals surface area contributed by atoms with Crippen molar-refractivity contribution in [2.75, 3.05) is 12.9 Å². The summed E-state index contributed by atoms with van der Waals surface area (Å²) in [6.45, 7) is 4.31. The molecule has 90 valence electrons. The van der Waals surface area contributed by atoms with Gasteiger partial charge in [-0.15, -0.1) is 0 Å². The van der Waals surface area contributed by atoms with Crippen LogP contribution in [0.15, 0.2) is 0 Å².